The fourth-order valence-electron chi connectivity index (χ4n) is 5.47. The van der Waals surface area contributed by atoms with Gasteiger partial charge >= 0.3 is 0 Å². The Morgan fingerprint density at radius 2 is 1.28 bits per heavy atom. The number of rotatable bonds is 7. The summed E-state index contributed by atoms with van der Waals surface area (Å²) in [4.78, 5) is 0. The lowest BCUT2D eigenvalue weighted by Gasteiger charge is -2.38. The second kappa shape index (κ2) is 9.64. The zero-order chi connectivity index (χ0) is 17.5. The summed E-state index contributed by atoms with van der Waals surface area (Å²) in [6.45, 7) is 2.35. The first-order valence-electron chi connectivity index (χ1n) is 10.9. The van der Waals surface area contributed by atoms with E-state index < -0.39 is 0 Å². The van der Waals surface area contributed by atoms with Crippen molar-refractivity contribution in [3.63, 3.8) is 0 Å². The fourth-order valence-corrected chi connectivity index (χ4v) is 5.47. The monoisotopic (exact) mass is 342 g/mol. The van der Waals surface area contributed by atoms with Crippen LogP contribution in [0.2, 0.25) is 0 Å². The van der Waals surface area contributed by atoms with Gasteiger partial charge in [0.25, 0.3) is 0 Å². The zero-order valence-corrected chi connectivity index (χ0v) is 16.5. The average molecular weight is 343 g/mol. The van der Waals surface area contributed by atoms with E-state index in [0.717, 1.165) is 29.4 Å². The number of aryl methyl sites for hydroxylation is 1. The third-order valence-corrected chi connectivity index (χ3v) is 7.15. The van der Waals surface area contributed by atoms with Crippen LogP contribution in [0.1, 0.15) is 83.1 Å². The molecule has 1 nitrogen and oxygen atoms in total. The van der Waals surface area contributed by atoms with Crippen LogP contribution in [0, 0.1) is 23.7 Å². The molecule has 25 heavy (non-hydrogen) atoms. The highest BCUT2D eigenvalue weighted by atomic mass is 16.5. The minimum Gasteiger partial charge on any atom is -0.497 e. The molecule has 0 aromatic heterocycles. The first-order chi connectivity index (χ1) is 12.3. The van der Waals surface area contributed by atoms with E-state index in [2.05, 4.69) is 31.2 Å². The lowest BCUT2D eigenvalue weighted by molar-refractivity contribution is 0.141. The van der Waals surface area contributed by atoms with E-state index in [4.69, 9.17) is 4.74 Å². The number of hydrogen-bond donors (Lipinski definition) is 0. The largest absolute Gasteiger partial charge is 0.497 e. The highest BCUT2D eigenvalue weighted by molar-refractivity contribution is 5.27. The molecule has 0 heterocycles. The summed E-state index contributed by atoms with van der Waals surface area (Å²) < 4.78 is 5.25. The highest BCUT2D eigenvalue weighted by Crippen LogP contribution is 2.42. The Hall–Kier alpha value is -0.980. The molecule has 0 radical (unpaired) electrons. The van der Waals surface area contributed by atoms with E-state index in [1.54, 1.807) is 7.11 Å². The van der Waals surface area contributed by atoms with Gasteiger partial charge in [0, 0.05) is 0 Å². The Morgan fingerprint density at radius 1 is 0.760 bits per heavy atom. The lowest BCUT2D eigenvalue weighted by atomic mass is 9.68. The Kier molecular flexibility index (Phi) is 7.25. The predicted molar refractivity (Wildman–Crippen MR) is 107 cm³/mol. The van der Waals surface area contributed by atoms with Crippen LogP contribution in [-0.4, -0.2) is 7.11 Å². The van der Waals surface area contributed by atoms with Crippen molar-refractivity contribution in [1.82, 2.24) is 0 Å². The molecule has 0 amide bonds. The molecule has 0 bridgehead atoms. The number of methoxy groups -OCH3 is 1. The van der Waals surface area contributed by atoms with Gasteiger partial charge in [0.1, 0.15) is 5.75 Å². The van der Waals surface area contributed by atoms with Gasteiger partial charge in [-0.15, -0.1) is 0 Å². The summed E-state index contributed by atoms with van der Waals surface area (Å²) >= 11 is 0. The maximum atomic E-state index is 5.25. The molecule has 0 saturated heterocycles. The standard InChI is InChI=1S/C24H38O/c1-3-4-19-7-13-22(14-8-19)23-15-9-20(10-16-23)5-6-21-11-17-24(25-2)18-12-21/h11-12,17-20,22-23H,3-10,13-16H2,1-2H3/t19-,20-,22-,23-. The van der Waals surface area contributed by atoms with Crippen molar-refractivity contribution >= 4 is 0 Å². The van der Waals surface area contributed by atoms with Gasteiger partial charge in [-0.05, 0) is 79.9 Å². The van der Waals surface area contributed by atoms with E-state index in [0.29, 0.717) is 0 Å². The lowest BCUT2D eigenvalue weighted by Crippen LogP contribution is -2.26. The smallest absolute Gasteiger partial charge is 0.118 e. The molecular formula is C24H38O. The number of benzene rings is 1. The van der Waals surface area contributed by atoms with Crippen molar-refractivity contribution in [3.8, 4) is 5.75 Å². The maximum Gasteiger partial charge on any atom is 0.118 e. The second-order valence-electron chi connectivity index (χ2n) is 8.74. The summed E-state index contributed by atoms with van der Waals surface area (Å²) in [5.74, 6) is 5.12. The van der Waals surface area contributed by atoms with E-state index in [1.807, 2.05) is 0 Å². The first kappa shape index (κ1) is 18.8. The van der Waals surface area contributed by atoms with Gasteiger partial charge in [0.05, 0.1) is 7.11 Å². The molecule has 0 aliphatic heterocycles. The molecule has 1 aromatic rings. The van der Waals surface area contributed by atoms with Gasteiger partial charge < -0.3 is 4.74 Å². The van der Waals surface area contributed by atoms with Crippen LogP contribution in [0.4, 0.5) is 0 Å². The van der Waals surface area contributed by atoms with Gasteiger partial charge in [-0.25, -0.2) is 0 Å². The molecule has 2 saturated carbocycles. The molecular weight excluding hydrogens is 304 g/mol. The summed E-state index contributed by atoms with van der Waals surface area (Å²) in [5, 5.41) is 0. The van der Waals surface area contributed by atoms with Gasteiger partial charge in [-0.2, -0.15) is 0 Å². The van der Waals surface area contributed by atoms with Crippen molar-refractivity contribution in [2.45, 2.75) is 84.0 Å². The normalized spacial score (nSPS) is 30.2. The summed E-state index contributed by atoms with van der Waals surface area (Å²) in [6.07, 6.45) is 17.6. The van der Waals surface area contributed by atoms with Crippen LogP contribution in [0.25, 0.3) is 0 Å². The second-order valence-corrected chi connectivity index (χ2v) is 8.74. The number of hydrogen-bond acceptors (Lipinski definition) is 1. The maximum absolute atomic E-state index is 5.25. The molecule has 1 aromatic carbocycles. The molecule has 2 aliphatic carbocycles. The van der Waals surface area contributed by atoms with Crippen molar-refractivity contribution in [1.29, 1.82) is 0 Å². The molecule has 1 heteroatoms. The fraction of sp³-hybridized carbons (Fsp3) is 0.750. The minimum absolute atomic E-state index is 0.967. The van der Waals surface area contributed by atoms with Crippen LogP contribution in [-0.2, 0) is 6.42 Å². The van der Waals surface area contributed by atoms with Gasteiger partial charge in [0.2, 0.25) is 0 Å². The van der Waals surface area contributed by atoms with Crippen molar-refractivity contribution in [2.75, 3.05) is 7.11 Å². The summed E-state index contributed by atoms with van der Waals surface area (Å²) in [7, 11) is 1.74. The topological polar surface area (TPSA) is 9.23 Å². The van der Waals surface area contributed by atoms with E-state index >= 15 is 0 Å². The van der Waals surface area contributed by atoms with Gasteiger partial charge in [-0.1, -0.05) is 57.6 Å². The third kappa shape index (κ3) is 5.50. The molecule has 140 valence electrons. The van der Waals surface area contributed by atoms with Crippen LogP contribution < -0.4 is 4.74 Å². The van der Waals surface area contributed by atoms with Gasteiger partial charge in [-0.3, -0.25) is 0 Å². The number of ether oxygens (including phenoxy) is 1. The Morgan fingerprint density at radius 3 is 1.76 bits per heavy atom. The summed E-state index contributed by atoms with van der Waals surface area (Å²) in [5.41, 5.74) is 1.47. The van der Waals surface area contributed by atoms with E-state index in [9.17, 15) is 0 Å². The highest BCUT2D eigenvalue weighted by Gasteiger charge is 2.30. The van der Waals surface area contributed by atoms with Crippen molar-refractivity contribution in [3.05, 3.63) is 29.8 Å². The molecule has 0 unspecified atom stereocenters. The third-order valence-electron chi connectivity index (χ3n) is 7.15. The summed E-state index contributed by atoms with van der Waals surface area (Å²) in [6, 6.07) is 8.67. The molecule has 0 spiro atoms. The van der Waals surface area contributed by atoms with Crippen LogP contribution in [0.15, 0.2) is 24.3 Å². The predicted octanol–water partition coefficient (Wildman–Crippen LogP) is 7.04. The van der Waals surface area contributed by atoms with Crippen molar-refractivity contribution in [2.24, 2.45) is 23.7 Å². The average Bonchev–Trinajstić information content (AvgIpc) is 2.68. The van der Waals surface area contributed by atoms with Crippen LogP contribution in [0.3, 0.4) is 0 Å². The molecule has 0 atom stereocenters. The van der Waals surface area contributed by atoms with E-state index in [-0.39, 0.29) is 0 Å². The zero-order valence-electron chi connectivity index (χ0n) is 16.5. The SMILES string of the molecule is CCC[C@H]1CC[C@H]([C@H]2CC[C@H](CCc3ccc(OC)cc3)CC2)CC1. The van der Waals surface area contributed by atoms with Crippen molar-refractivity contribution < 1.29 is 4.74 Å². The Bertz CT molecular complexity index is 475. The molecule has 2 aliphatic rings. The first-order valence-corrected chi connectivity index (χ1v) is 10.9. The Balaban J connectivity index is 1.36. The molecule has 0 N–H and O–H groups in total. The van der Waals surface area contributed by atoms with E-state index in [1.165, 1.54) is 82.6 Å². The molecule has 2 fully saturated rings. The minimum atomic E-state index is 0.967. The molecule has 3 rings (SSSR count). The van der Waals surface area contributed by atoms with Gasteiger partial charge in [0.15, 0.2) is 0 Å². The quantitative estimate of drug-likeness (QED) is 0.516. The van der Waals surface area contributed by atoms with Crippen LogP contribution >= 0.6 is 0 Å². The Labute approximate surface area is 155 Å². The van der Waals surface area contributed by atoms with Crippen LogP contribution in [0.5, 0.6) is 5.75 Å².